The molecule has 7 nitrogen and oxygen atoms in total. The maximum atomic E-state index is 12.5. The van der Waals surface area contributed by atoms with Crippen LogP contribution in [0.25, 0.3) is 0 Å². The number of aromatic nitrogens is 1. The van der Waals surface area contributed by atoms with Gasteiger partial charge in [0, 0.05) is 18.7 Å². The van der Waals surface area contributed by atoms with E-state index in [0.29, 0.717) is 30.2 Å². The third-order valence-electron chi connectivity index (χ3n) is 4.45. The van der Waals surface area contributed by atoms with Crippen LogP contribution in [-0.4, -0.2) is 50.3 Å². The standard InChI is InChI=1S/C21H31N3O4/c1-14-17(15(2)28-23-14)11-27-18-9-8-16(10-19(18)26-7)20(25)22-12-21(3,4)13-24(5)6/h8-10H,11-13H2,1-7H3,(H,22,25). The molecule has 1 heterocycles. The lowest BCUT2D eigenvalue weighted by Gasteiger charge is -2.28. The Morgan fingerprint density at radius 3 is 2.54 bits per heavy atom. The first-order chi connectivity index (χ1) is 13.1. The van der Waals surface area contributed by atoms with Crippen molar-refractivity contribution in [1.82, 2.24) is 15.4 Å². The number of carbonyl (C=O) groups excluding carboxylic acids is 1. The van der Waals surface area contributed by atoms with E-state index in [9.17, 15) is 4.79 Å². The molecule has 1 amide bonds. The average Bonchev–Trinajstić information content (AvgIpc) is 2.94. The van der Waals surface area contributed by atoms with Gasteiger partial charge >= 0.3 is 0 Å². The van der Waals surface area contributed by atoms with Gasteiger partial charge in [-0.2, -0.15) is 0 Å². The summed E-state index contributed by atoms with van der Waals surface area (Å²) in [5.41, 5.74) is 2.21. The summed E-state index contributed by atoms with van der Waals surface area (Å²) in [5.74, 6) is 1.66. The molecule has 2 aromatic rings. The van der Waals surface area contributed by atoms with Crippen molar-refractivity contribution in [2.45, 2.75) is 34.3 Å². The Morgan fingerprint density at radius 2 is 1.96 bits per heavy atom. The Balaban J connectivity index is 2.04. The van der Waals surface area contributed by atoms with Crippen LogP contribution < -0.4 is 14.8 Å². The van der Waals surface area contributed by atoms with Crippen LogP contribution in [0.2, 0.25) is 0 Å². The molecule has 0 aliphatic heterocycles. The summed E-state index contributed by atoms with van der Waals surface area (Å²) < 4.78 is 16.4. The lowest BCUT2D eigenvalue weighted by molar-refractivity contribution is 0.0928. The Bertz CT molecular complexity index is 792. The van der Waals surface area contributed by atoms with Gasteiger partial charge < -0.3 is 24.2 Å². The molecule has 0 fully saturated rings. The number of benzene rings is 1. The molecule has 1 aromatic heterocycles. The molecule has 7 heteroatoms. The lowest BCUT2D eigenvalue weighted by atomic mass is 9.93. The highest BCUT2D eigenvalue weighted by atomic mass is 16.5. The highest BCUT2D eigenvalue weighted by Crippen LogP contribution is 2.29. The average molecular weight is 389 g/mol. The topological polar surface area (TPSA) is 76.8 Å². The predicted molar refractivity (Wildman–Crippen MR) is 108 cm³/mol. The zero-order valence-electron chi connectivity index (χ0n) is 17.9. The third-order valence-corrected chi connectivity index (χ3v) is 4.45. The van der Waals surface area contributed by atoms with Gasteiger partial charge in [0.1, 0.15) is 12.4 Å². The van der Waals surface area contributed by atoms with Crippen molar-refractivity contribution >= 4 is 5.91 Å². The molecule has 0 saturated heterocycles. The largest absolute Gasteiger partial charge is 0.493 e. The fourth-order valence-electron chi connectivity index (χ4n) is 3.12. The number of aryl methyl sites for hydroxylation is 2. The van der Waals surface area contributed by atoms with Crippen LogP contribution in [-0.2, 0) is 6.61 Å². The van der Waals surface area contributed by atoms with Gasteiger partial charge in [0.05, 0.1) is 18.4 Å². The minimum Gasteiger partial charge on any atom is -0.493 e. The minimum absolute atomic E-state index is 0.0271. The second-order valence-electron chi connectivity index (χ2n) is 8.04. The molecule has 0 spiro atoms. The Morgan fingerprint density at radius 1 is 1.25 bits per heavy atom. The third kappa shape index (κ3) is 5.73. The molecule has 0 aliphatic carbocycles. The highest BCUT2D eigenvalue weighted by molar-refractivity contribution is 5.94. The summed E-state index contributed by atoms with van der Waals surface area (Å²) >= 11 is 0. The fourth-order valence-corrected chi connectivity index (χ4v) is 3.12. The van der Waals surface area contributed by atoms with E-state index in [1.807, 2.05) is 27.9 Å². The van der Waals surface area contributed by atoms with Crippen molar-refractivity contribution in [3.05, 3.63) is 40.8 Å². The summed E-state index contributed by atoms with van der Waals surface area (Å²) in [7, 11) is 5.60. The van der Waals surface area contributed by atoms with Crippen LogP contribution >= 0.6 is 0 Å². The number of amides is 1. The molecule has 1 aromatic carbocycles. The van der Waals surface area contributed by atoms with Crippen molar-refractivity contribution in [2.75, 3.05) is 34.3 Å². The van der Waals surface area contributed by atoms with Crippen LogP contribution in [0.4, 0.5) is 0 Å². The number of nitrogens with one attached hydrogen (secondary N) is 1. The molecule has 2 rings (SSSR count). The number of rotatable bonds is 9. The summed E-state index contributed by atoms with van der Waals surface area (Å²) in [6.07, 6.45) is 0. The number of hydrogen-bond acceptors (Lipinski definition) is 6. The van der Waals surface area contributed by atoms with Gasteiger partial charge in [0.15, 0.2) is 11.5 Å². The van der Waals surface area contributed by atoms with Crippen LogP contribution in [0, 0.1) is 19.3 Å². The molecule has 0 atom stereocenters. The second-order valence-corrected chi connectivity index (χ2v) is 8.04. The summed E-state index contributed by atoms with van der Waals surface area (Å²) in [6, 6.07) is 5.17. The molecular formula is C21H31N3O4. The normalized spacial score (nSPS) is 11.6. The smallest absolute Gasteiger partial charge is 0.251 e. The van der Waals surface area contributed by atoms with E-state index in [4.69, 9.17) is 14.0 Å². The van der Waals surface area contributed by atoms with Crippen molar-refractivity contribution in [1.29, 1.82) is 0 Å². The van der Waals surface area contributed by atoms with E-state index in [-0.39, 0.29) is 11.3 Å². The van der Waals surface area contributed by atoms with E-state index >= 15 is 0 Å². The van der Waals surface area contributed by atoms with Gasteiger partial charge in [-0.3, -0.25) is 4.79 Å². The Labute approximate surface area is 167 Å². The number of hydrogen-bond donors (Lipinski definition) is 1. The zero-order chi connectivity index (χ0) is 20.9. The Hall–Kier alpha value is -2.54. The molecule has 0 saturated carbocycles. The molecular weight excluding hydrogens is 358 g/mol. The molecule has 1 N–H and O–H groups in total. The molecule has 0 radical (unpaired) electrons. The number of ether oxygens (including phenoxy) is 2. The van der Waals surface area contributed by atoms with Gasteiger partial charge in [0.25, 0.3) is 5.91 Å². The molecule has 0 unspecified atom stereocenters. The first-order valence-corrected chi connectivity index (χ1v) is 9.28. The maximum absolute atomic E-state index is 12.5. The fraction of sp³-hybridized carbons (Fsp3) is 0.524. The van der Waals surface area contributed by atoms with Gasteiger partial charge in [-0.05, 0) is 51.6 Å². The highest BCUT2D eigenvalue weighted by Gasteiger charge is 2.21. The summed E-state index contributed by atoms with van der Waals surface area (Å²) in [6.45, 7) is 9.75. The van der Waals surface area contributed by atoms with Crippen LogP contribution in [0.1, 0.15) is 41.2 Å². The predicted octanol–water partition coefficient (Wildman–Crippen LogP) is 3.20. The Kier molecular flexibility index (Phi) is 7.07. The SMILES string of the molecule is COc1cc(C(=O)NCC(C)(C)CN(C)C)ccc1OCc1c(C)noc1C. The second kappa shape index (κ2) is 9.10. The monoisotopic (exact) mass is 389 g/mol. The molecule has 154 valence electrons. The van der Waals surface area contributed by atoms with Crippen LogP contribution in [0.15, 0.2) is 22.7 Å². The maximum Gasteiger partial charge on any atom is 0.251 e. The van der Waals surface area contributed by atoms with Crippen molar-refractivity contribution < 1.29 is 18.8 Å². The van der Waals surface area contributed by atoms with E-state index in [0.717, 1.165) is 23.6 Å². The first kappa shape index (κ1) is 21.8. The van der Waals surface area contributed by atoms with Crippen LogP contribution in [0.3, 0.4) is 0 Å². The van der Waals surface area contributed by atoms with Gasteiger partial charge in [-0.1, -0.05) is 19.0 Å². The molecule has 0 bridgehead atoms. The van der Waals surface area contributed by atoms with Crippen molar-refractivity contribution in [3.63, 3.8) is 0 Å². The van der Waals surface area contributed by atoms with Gasteiger partial charge in [0.2, 0.25) is 0 Å². The zero-order valence-corrected chi connectivity index (χ0v) is 17.9. The first-order valence-electron chi connectivity index (χ1n) is 9.28. The van der Waals surface area contributed by atoms with E-state index in [1.165, 1.54) is 0 Å². The molecule has 28 heavy (non-hydrogen) atoms. The van der Waals surface area contributed by atoms with Crippen LogP contribution in [0.5, 0.6) is 11.5 Å². The number of carbonyl (C=O) groups is 1. The quantitative estimate of drug-likeness (QED) is 0.710. The van der Waals surface area contributed by atoms with Crippen molar-refractivity contribution in [3.8, 4) is 11.5 Å². The number of methoxy groups -OCH3 is 1. The van der Waals surface area contributed by atoms with E-state index < -0.39 is 0 Å². The van der Waals surface area contributed by atoms with Gasteiger partial charge in [-0.25, -0.2) is 0 Å². The molecule has 0 aliphatic rings. The van der Waals surface area contributed by atoms with E-state index in [1.54, 1.807) is 25.3 Å². The summed E-state index contributed by atoms with van der Waals surface area (Å²) in [5, 5.41) is 6.93. The summed E-state index contributed by atoms with van der Waals surface area (Å²) in [4.78, 5) is 14.7. The van der Waals surface area contributed by atoms with Crippen molar-refractivity contribution in [2.24, 2.45) is 5.41 Å². The number of nitrogens with zero attached hydrogens (tertiary/aromatic N) is 2. The lowest BCUT2D eigenvalue weighted by Crippen LogP contribution is -2.39. The minimum atomic E-state index is -0.137. The van der Waals surface area contributed by atoms with Gasteiger partial charge in [-0.15, -0.1) is 0 Å². The van der Waals surface area contributed by atoms with E-state index in [2.05, 4.69) is 29.2 Å².